The number of carbonyl (C=O) groups is 1. The van der Waals surface area contributed by atoms with Gasteiger partial charge in [-0.05, 0) is 37.8 Å². The molecule has 1 heterocycles. The van der Waals surface area contributed by atoms with Crippen molar-refractivity contribution in [2.45, 2.75) is 45.1 Å². The van der Waals surface area contributed by atoms with E-state index in [1.807, 2.05) is 6.07 Å². The van der Waals surface area contributed by atoms with E-state index in [0.29, 0.717) is 17.7 Å². The summed E-state index contributed by atoms with van der Waals surface area (Å²) in [7, 11) is 1.58. The standard InChI is InChI=1S/C14H22N4O/c1-10(11-6-4-3-5-7-11)16-13-9-8-12(17-18-13)14(19)15-2/h8-11H,3-7H2,1-2H3,(H,15,19)(H,16,18). The predicted molar refractivity (Wildman–Crippen MR) is 75.1 cm³/mol. The summed E-state index contributed by atoms with van der Waals surface area (Å²) in [5, 5.41) is 13.9. The van der Waals surface area contributed by atoms with Gasteiger partial charge in [0.2, 0.25) is 0 Å². The average Bonchev–Trinajstić information content (AvgIpc) is 2.48. The largest absolute Gasteiger partial charge is 0.366 e. The molecule has 1 unspecified atom stereocenters. The zero-order valence-electron chi connectivity index (χ0n) is 11.6. The highest BCUT2D eigenvalue weighted by Gasteiger charge is 2.20. The first-order valence-electron chi connectivity index (χ1n) is 7.03. The number of carbonyl (C=O) groups excluding carboxylic acids is 1. The van der Waals surface area contributed by atoms with Gasteiger partial charge in [-0.3, -0.25) is 4.79 Å². The van der Waals surface area contributed by atoms with E-state index >= 15 is 0 Å². The Morgan fingerprint density at radius 3 is 2.58 bits per heavy atom. The molecule has 0 radical (unpaired) electrons. The van der Waals surface area contributed by atoms with Crippen molar-refractivity contribution in [3.05, 3.63) is 17.8 Å². The van der Waals surface area contributed by atoms with Crippen molar-refractivity contribution in [3.8, 4) is 0 Å². The first-order valence-corrected chi connectivity index (χ1v) is 7.03. The van der Waals surface area contributed by atoms with Crippen molar-refractivity contribution in [3.63, 3.8) is 0 Å². The van der Waals surface area contributed by atoms with Gasteiger partial charge in [0, 0.05) is 13.1 Å². The molecule has 0 bridgehead atoms. The van der Waals surface area contributed by atoms with Crippen LogP contribution in [0, 0.1) is 5.92 Å². The number of aromatic nitrogens is 2. The molecule has 0 aromatic carbocycles. The lowest BCUT2D eigenvalue weighted by Crippen LogP contribution is -2.28. The molecule has 5 heteroatoms. The van der Waals surface area contributed by atoms with Gasteiger partial charge in [0.25, 0.3) is 5.91 Å². The van der Waals surface area contributed by atoms with Gasteiger partial charge in [0.05, 0.1) is 0 Å². The van der Waals surface area contributed by atoms with Crippen molar-refractivity contribution in [2.24, 2.45) is 5.92 Å². The van der Waals surface area contributed by atoms with Crippen LogP contribution in [0.3, 0.4) is 0 Å². The number of rotatable bonds is 4. The second-order valence-corrected chi connectivity index (χ2v) is 5.21. The number of nitrogens with zero attached hydrogens (tertiary/aromatic N) is 2. The average molecular weight is 262 g/mol. The summed E-state index contributed by atoms with van der Waals surface area (Å²) in [4.78, 5) is 11.4. The van der Waals surface area contributed by atoms with Crippen molar-refractivity contribution in [2.75, 3.05) is 12.4 Å². The fraction of sp³-hybridized carbons (Fsp3) is 0.643. The topological polar surface area (TPSA) is 66.9 Å². The second kappa shape index (κ2) is 6.50. The lowest BCUT2D eigenvalue weighted by atomic mass is 9.84. The summed E-state index contributed by atoms with van der Waals surface area (Å²) in [5.41, 5.74) is 0.346. The third kappa shape index (κ3) is 3.66. The van der Waals surface area contributed by atoms with E-state index in [9.17, 15) is 4.79 Å². The third-order valence-electron chi connectivity index (χ3n) is 3.86. The van der Waals surface area contributed by atoms with Crippen LogP contribution in [0.15, 0.2) is 12.1 Å². The van der Waals surface area contributed by atoms with E-state index < -0.39 is 0 Å². The predicted octanol–water partition coefficient (Wildman–Crippen LogP) is 2.22. The molecular formula is C14H22N4O. The SMILES string of the molecule is CNC(=O)c1ccc(NC(C)C2CCCCC2)nn1. The first kappa shape index (κ1) is 13.8. The van der Waals surface area contributed by atoms with Gasteiger partial charge in [-0.2, -0.15) is 0 Å². The Labute approximate surface area is 114 Å². The zero-order valence-corrected chi connectivity index (χ0v) is 11.6. The third-order valence-corrected chi connectivity index (χ3v) is 3.86. The van der Waals surface area contributed by atoms with Crippen molar-refractivity contribution >= 4 is 11.7 Å². The molecular weight excluding hydrogens is 240 g/mol. The van der Waals surface area contributed by atoms with Crippen LogP contribution in [0.4, 0.5) is 5.82 Å². The van der Waals surface area contributed by atoms with Crippen molar-refractivity contribution in [1.29, 1.82) is 0 Å². The van der Waals surface area contributed by atoms with Crippen molar-refractivity contribution in [1.82, 2.24) is 15.5 Å². The molecule has 1 aromatic rings. The fourth-order valence-electron chi connectivity index (χ4n) is 2.64. The molecule has 1 saturated carbocycles. The van der Waals surface area contributed by atoms with E-state index in [1.165, 1.54) is 32.1 Å². The number of hydrogen-bond acceptors (Lipinski definition) is 4. The van der Waals surface area contributed by atoms with E-state index in [4.69, 9.17) is 0 Å². The molecule has 2 rings (SSSR count). The summed E-state index contributed by atoms with van der Waals surface area (Å²) >= 11 is 0. The van der Waals surface area contributed by atoms with Crippen LogP contribution in [0.2, 0.25) is 0 Å². The normalized spacial score (nSPS) is 17.8. The molecule has 1 amide bonds. The van der Waals surface area contributed by atoms with E-state index in [2.05, 4.69) is 27.8 Å². The van der Waals surface area contributed by atoms with Crippen LogP contribution in [-0.2, 0) is 0 Å². The molecule has 19 heavy (non-hydrogen) atoms. The number of anilines is 1. The Balaban J connectivity index is 1.93. The summed E-state index contributed by atoms with van der Waals surface area (Å²) in [6, 6.07) is 3.92. The monoisotopic (exact) mass is 262 g/mol. The Bertz CT molecular complexity index is 412. The second-order valence-electron chi connectivity index (χ2n) is 5.21. The summed E-state index contributed by atoms with van der Waals surface area (Å²) in [5.74, 6) is 1.25. The van der Waals surface area contributed by atoms with Crippen LogP contribution >= 0.6 is 0 Å². The summed E-state index contributed by atoms with van der Waals surface area (Å²) in [6.45, 7) is 2.20. The number of amides is 1. The van der Waals surface area contributed by atoms with Gasteiger partial charge < -0.3 is 10.6 Å². The lowest BCUT2D eigenvalue weighted by molar-refractivity contribution is 0.0957. The Hall–Kier alpha value is -1.65. The van der Waals surface area contributed by atoms with Crippen molar-refractivity contribution < 1.29 is 4.79 Å². The van der Waals surface area contributed by atoms with E-state index in [0.717, 1.165) is 5.82 Å². The highest BCUT2D eigenvalue weighted by molar-refractivity contribution is 5.91. The van der Waals surface area contributed by atoms with Gasteiger partial charge >= 0.3 is 0 Å². The zero-order chi connectivity index (χ0) is 13.7. The quantitative estimate of drug-likeness (QED) is 0.873. The molecule has 1 aromatic heterocycles. The van der Waals surface area contributed by atoms with Crippen LogP contribution in [-0.4, -0.2) is 29.2 Å². The van der Waals surface area contributed by atoms with Gasteiger partial charge in [-0.15, -0.1) is 10.2 Å². The first-order chi connectivity index (χ1) is 9.20. The minimum absolute atomic E-state index is 0.209. The molecule has 1 aliphatic rings. The highest BCUT2D eigenvalue weighted by Crippen LogP contribution is 2.27. The maximum atomic E-state index is 11.4. The molecule has 0 spiro atoms. The molecule has 0 aliphatic heterocycles. The Morgan fingerprint density at radius 2 is 2.00 bits per heavy atom. The smallest absolute Gasteiger partial charge is 0.271 e. The maximum absolute atomic E-state index is 11.4. The molecule has 1 aliphatic carbocycles. The molecule has 1 fully saturated rings. The summed E-state index contributed by atoms with van der Waals surface area (Å²) < 4.78 is 0. The molecule has 2 N–H and O–H groups in total. The molecule has 5 nitrogen and oxygen atoms in total. The molecule has 104 valence electrons. The van der Waals surface area contributed by atoms with Gasteiger partial charge in [-0.1, -0.05) is 19.3 Å². The summed E-state index contributed by atoms with van der Waals surface area (Å²) in [6.07, 6.45) is 6.61. The van der Waals surface area contributed by atoms with Crippen LogP contribution in [0.1, 0.15) is 49.5 Å². The van der Waals surface area contributed by atoms with Crippen LogP contribution in [0.5, 0.6) is 0 Å². The van der Waals surface area contributed by atoms with Gasteiger partial charge in [0.1, 0.15) is 5.82 Å². The highest BCUT2D eigenvalue weighted by atomic mass is 16.1. The van der Waals surface area contributed by atoms with Gasteiger partial charge in [-0.25, -0.2) is 0 Å². The van der Waals surface area contributed by atoms with Crippen LogP contribution < -0.4 is 10.6 Å². The number of hydrogen-bond donors (Lipinski definition) is 2. The van der Waals surface area contributed by atoms with E-state index in [1.54, 1.807) is 13.1 Å². The molecule has 1 atom stereocenters. The number of nitrogens with one attached hydrogen (secondary N) is 2. The fourth-order valence-corrected chi connectivity index (χ4v) is 2.64. The van der Waals surface area contributed by atoms with E-state index in [-0.39, 0.29) is 5.91 Å². The van der Waals surface area contributed by atoms with Crippen LogP contribution in [0.25, 0.3) is 0 Å². The Morgan fingerprint density at radius 1 is 1.26 bits per heavy atom. The van der Waals surface area contributed by atoms with Gasteiger partial charge in [0.15, 0.2) is 5.69 Å². The maximum Gasteiger partial charge on any atom is 0.271 e. The molecule has 0 saturated heterocycles. The lowest BCUT2D eigenvalue weighted by Gasteiger charge is -2.28. The minimum Gasteiger partial charge on any atom is -0.366 e. The Kier molecular flexibility index (Phi) is 4.71. The minimum atomic E-state index is -0.209.